The SMILES string of the molecule is CC(C)(C)OC(=O)NC1CCCCCCC1C(=O)Nc1cnn(CC(=O)NC2CC2)c1. The average Bonchev–Trinajstić information content (AvgIpc) is 3.33. The monoisotopic (exact) mass is 433 g/mol. The van der Waals surface area contributed by atoms with Crippen molar-refractivity contribution >= 4 is 23.6 Å². The lowest BCUT2D eigenvalue weighted by Crippen LogP contribution is -2.47. The number of carbonyl (C=O) groups excluding carboxylic acids is 3. The van der Waals surface area contributed by atoms with Crippen molar-refractivity contribution in [1.29, 1.82) is 0 Å². The quantitative estimate of drug-likeness (QED) is 0.638. The van der Waals surface area contributed by atoms with Gasteiger partial charge in [-0.25, -0.2) is 4.79 Å². The molecule has 1 aromatic rings. The molecule has 0 aliphatic heterocycles. The van der Waals surface area contributed by atoms with Crippen LogP contribution in [0.15, 0.2) is 12.4 Å². The lowest BCUT2D eigenvalue weighted by atomic mass is 9.86. The minimum absolute atomic E-state index is 0.0786. The fraction of sp³-hybridized carbons (Fsp3) is 0.727. The molecule has 3 N–H and O–H groups in total. The van der Waals surface area contributed by atoms with E-state index in [1.54, 1.807) is 12.4 Å². The first-order valence-corrected chi connectivity index (χ1v) is 11.3. The molecule has 2 unspecified atom stereocenters. The third kappa shape index (κ3) is 7.88. The van der Waals surface area contributed by atoms with Crippen molar-refractivity contribution in [1.82, 2.24) is 20.4 Å². The number of carbonyl (C=O) groups is 3. The molecule has 0 bridgehead atoms. The summed E-state index contributed by atoms with van der Waals surface area (Å²) in [4.78, 5) is 37.3. The van der Waals surface area contributed by atoms with E-state index in [9.17, 15) is 14.4 Å². The summed E-state index contributed by atoms with van der Waals surface area (Å²) in [6.07, 6.45) is 10.3. The van der Waals surface area contributed by atoms with E-state index in [1.807, 2.05) is 20.8 Å². The van der Waals surface area contributed by atoms with Crippen LogP contribution in [0, 0.1) is 5.92 Å². The van der Waals surface area contributed by atoms with E-state index in [0.717, 1.165) is 44.9 Å². The first kappa shape index (κ1) is 23.1. The zero-order valence-electron chi connectivity index (χ0n) is 18.8. The highest BCUT2D eigenvalue weighted by atomic mass is 16.6. The van der Waals surface area contributed by atoms with Gasteiger partial charge in [-0.1, -0.05) is 25.7 Å². The van der Waals surface area contributed by atoms with Crippen LogP contribution in [0.25, 0.3) is 0 Å². The Hall–Kier alpha value is -2.58. The molecule has 2 atom stereocenters. The van der Waals surface area contributed by atoms with Gasteiger partial charge < -0.3 is 20.7 Å². The minimum atomic E-state index is -0.593. The average molecular weight is 434 g/mol. The molecule has 0 spiro atoms. The van der Waals surface area contributed by atoms with E-state index in [2.05, 4.69) is 21.0 Å². The molecular weight excluding hydrogens is 398 g/mol. The van der Waals surface area contributed by atoms with Gasteiger partial charge in [-0.05, 0) is 46.5 Å². The van der Waals surface area contributed by atoms with Crippen LogP contribution in [-0.2, 0) is 20.9 Å². The maximum Gasteiger partial charge on any atom is 0.407 e. The van der Waals surface area contributed by atoms with Crippen molar-refractivity contribution in [2.45, 2.75) is 96.4 Å². The standard InChI is InChI=1S/C22H35N5O4/c1-22(2,3)31-21(30)26-18-9-7-5-4-6-8-17(18)20(29)25-16-12-23-27(13-16)14-19(28)24-15-10-11-15/h12-13,15,17-18H,4-11,14H2,1-3H3,(H,24,28)(H,25,29)(H,26,30). The summed E-state index contributed by atoms with van der Waals surface area (Å²) in [6.45, 7) is 5.57. The lowest BCUT2D eigenvalue weighted by molar-refractivity contribution is -0.122. The van der Waals surface area contributed by atoms with Gasteiger partial charge in [0.15, 0.2) is 0 Å². The highest BCUT2D eigenvalue weighted by Gasteiger charge is 2.32. The number of amides is 3. The summed E-state index contributed by atoms with van der Waals surface area (Å²) in [6, 6.07) is 0.0190. The Bertz CT molecular complexity index is 781. The number of aromatic nitrogens is 2. The van der Waals surface area contributed by atoms with Crippen LogP contribution in [0.1, 0.15) is 72.1 Å². The predicted octanol–water partition coefficient (Wildman–Crippen LogP) is 2.96. The summed E-state index contributed by atoms with van der Waals surface area (Å²) < 4.78 is 6.91. The molecule has 0 saturated heterocycles. The zero-order valence-corrected chi connectivity index (χ0v) is 18.8. The normalized spacial score (nSPS) is 22.0. The summed E-state index contributed by atoms with van der Waals surface area (Å²) in [5.41, 5.74) is -0.0496. The smallest absolute Gasteiger partial charge is 0.407 e. The number of alkyl carbamates (subject to hydrolysis) is 1. The molecule has 0 radical (unpaired) electrons. The molecular formula is C22H35N5O4. The summed E-state index contributed by atoms with van der Waals surface area (Å²) in [7, 11) is 0. The van der Waals surface area contributed by atoms with Crippen LogP contribution >= 0.6 is 0 Å². The molecule has 1 aromatic heterocycles. The van der Waals surface area contributed by atoms with Gasteiger partial charge in [-0.3, -0.25) is 14.3 Å². The zero-order chi connectivity index (χ0) is 22.4. The number of hydrogen-bond donors (Lipinski definition) is 3. The van der Waals surface area contributed by atoms with Gasteiger partial charge in [0.1, 0.15) is 12.1 Å². The molecule has 2 aliphatic rings. The van der Waals surface area contributed by atoms with Gasteiger partial charge in [0.2, 0.25) is 11.8 Å². The Kier molecular flexibility index (Phi) is 7.56. The molecule has 1 heterocycles. The van der Waals surface area contributed by atoms with Crippen LogP contribution in [0.3, 0.4) is 0 Å². The van der Waals surface area contributed by atoms with E-state index < -0.39 is 11.7 Å². The summed E-state index contributed by atoms with van der Waals surface area (Å²) >= 11 is 0. The highest BCUT2D eigenvalue weighted by molar-refractivity contribution is 5.93. The van der Waals surface area contributed by atoms with Gasteiger partial charge in [0, 0.05) is 18.3 Å². The summed E-state index contributed by atoms with van der Waals surface area (Å²) in [5, 5.41) is 12.9. The van der Waals surface area contributed by atoms with E-state index >= 15 is 0 Å². The number of hydrogen-bond acceptors (Lipinski definition) is 5. The largest absolute Gasteiger partial charge is 0.444 e. The Morgan fingerprint density at radius 2 is 1.77 bits per heavy atom. The van der Waals surface area contributed by atoms with E-state index in [1.165, 1.54) is 4.68 Å². The lowest BCUT2D eigenvalue weighted by Gasteiger charge is -2.30. The molecule has 2 aliphatic carbocycles. The minimum Gasteiger partial charge on any atom is -0.444 e. The van der Waals surface area contributed by atoms with Crippen molar-refractivity contribution < 1.29 is 19.1 Å². The number of nitrogens with zero attached hydrogens (tertiary/aromatic N) is 2. The van der Waals surface area contributed by atoms with Crippen LogP contribution in [0.4, 0.5) is 10.5 Å². The molecule has 3 rings (SSSR count). The fourth-order valence-electron chi connectivity index (χ4n) is 3.83. The Labute approximate surface area is 183 Å². The second-order valence-corrected chi connectivity index (χ2v) is 9.61. The maximum absolute atomic E-state index is 13.1. The molecule has 172 valence electrons. The Balaban J connectivity index is 1.59. The third-order valence-corrected chi connectivity index (χ3v) is 5.45. The van der Waals surface area contributed by atoms with Gasteiger partial charge in [-0.15, -0.1) is 0 Å². The Morgan fingerprint density at radius 1 is 1.06 bits per heavy atom. The van der Waals surface area contributed by atoms with Gasteiger partial charge >= 0.3 is 6.09 Å². The van der Waals surface area contributed by atoms with Crippen LogP contribution < -0.4 is 16.0 Å². The number of nitrogens with one attached hydrogen (secondary N) is 3. The number of anilines is 1. The van der Waals surface area contributed by atoms with Gasteiger partial charge in [-0.2, -0.15) is 5.10 Å². The summed E-state index contributed by atoms with van der Waals surface area (Å²) in [5.74, 6) is -0.579. The van der Waals surface area contributed by atoms with Crippen molar-refractivity contribution in [3.05, 3.63) is 12.4 Å². The van der Waals surface area contributed by atoms with Crippen LogP contribution in [-0.4, -0.2) is 45.4 Å². The molecule has 31 heavy (non-hydrogen) atoms. The molecule has 3 amide bonds. The predicted molar refractivity (Wildman–Crippen MR) is 116 cm³/mol. The second kappa shape index (κ2) is 10.2. The number of rotatable bonds is 6. The fourth-order valence-corrected chi connectivity index (χ4v) is 3.83. The van der Waals surface area contributed by atoms with E-state index in [-0.39, 0.29) is 30.3 Å². The second-order valence-electron chi connectivity index (χ2n) is 9.61. The Morgan fingerprint density at radius 3 is 2.45 bits per heavy atom. The van der Waals surface area contributed by atoms with Gasteiger partial charge in [0.05, 0.1) is 17.8 Å². The molecule has 9 heteroatoms. The molecule has 2 saturated carbocycles. The topological polar surface area (TPSA) is 114 Å². The third-order valence-electron chi connectivity index (χ3n) is 5.45. The van der Waals surface area contributed by atoms with Crippen LogP contribution in [0.2, 0.25) is 0 Å². The maximum atomic E-state index is 13.1. The molecule has 0 aromatic carbocycles. The van der Waals surface area contributed by atoms with Crippen molar-refractivity contribution in [3.8, 4) is 0 Å². The first-order valence-electron chi connectivity index (χ1n) is 11.3. The first-order chi connectivity index (χ1) is 14.7. The van der Waals surface area contributed by atoms with Crippen molar-refractivity contribution in [2.24, 2.45) is 5.92 Å². The van der Waals surface area contributed by atoms with Gasteiger partial charge in [0.25, 0.3) is 0 Å². The van der Waals surface area contributed by atoms with Crippen LogP contribution in [0.5, 0.6) is 0 Å². The van der Waals surface area contributed by atoms with Crippen molar-refractivity contribution in [2.75, 3.05) is 5.32 Å². The number of ether oxygens (including phenoxy) is 1. The molecule has 9 nitrogen and oxygen atoms in total. The van der Waals surface area contributed by atoms with E-state index in [4.69, 9.17) is 4.74 Å². The molecule has 2 fully saturated rings. The highest BCUT2D eigenvalue weighted by Crippen LogP contribution is 2.25. The van der Waals surface area contributed by atoms with Crippen molar-refractivity contribution in [3.63, 3.8) is 0 Å². The van der Waals surface area contributed by atoms with E-state index in [0.29, 0.717) is 18.2 Å².